The zero-order valence-corrected chi connectivity index (χ0v) is 13.9. The fourth-order valence-electron chi connectivity index (χ4n) is 1.95. The van der Waals surface area contributed by atoms with Gasteiger partial charge in [0, 0.05) is 11.5 Å². The van der Waals surface area contributed by atoms with Crippen LogP contribution in [0, 0.1) is 0 Å². The summed E-state index contributed by atoms with van der Waals surface area (Å²) in [4.78, 5) is 8.76. The van der Waals surface area contributed by atoms with Crippen LogP contribution in [0.5, 0.6) is 11.6 Å². The van der Waals surface area contributed by atoms with Gasteiger partial charge in [-0.25, -0.2) is 4.98 Å². The van der Waals surface area contributed by atoms with E-state index in [0.29, 0.717) is 22.8 Å². The lowest BCUT2D eigenvalue weighted by Crippen LogP contribution is -2.16. The molecule has 0 radical (unpaired) electrons. The molecule has 0 saturated heterocycles. The van der Waals surface area contributed by atoms with Crippen LogP contribution >= 0.6 is 11.6 Å². The summed E-state index contributed by atoms with van der Waals surface area (Å²) in [5, 5.41) is 0.395. The van der Waals surface area contributed by atoms with Crippen molar-refractivity contribution in [1.29, 1.82) is 0 Å². The Morgan fingerprint density at radius 3 is 2.38 bits per heavy atom. The summed E-state index contributed by atoms with van der Waals surface area (Å²) in [6.45, 7) is 10.4. The smallest absolute Gasteiger partial charge is 0.224 e. The molecule has 1 heterocycles. The van der Waals surface area contributed by atoms with Crippen molar-refractivity contribution >= 4 is 11.6 Å². The summed E-state index contributed by atoms with van der Waals surface area (Å²) in [6, 6.07) is 9.62. The van der Waals surface area contributed by atoms with Crippen LogP contribution in [0.1, 0.15) is 51.9 Å². The van der Waals surface area contributed by atoms with Gasteiger partial charge in [-0.05, 0) is 17.5 Å². The molecule has 0 aliphatic rings. The topological polar surface area (TPSA) is 35.0 Å². The number of halogens is 1. The van der Waals surface area contributed by atoms with Crippen LogP contribution in [0.4, 0.5) is 0 Å². The Bertz CT molecular complexity index is 633. The zero-order chi connectivity index (χ0) is 15.6. The first-order valence-electron chi connectivity index (χ1n) is 7.09. The van der Waals surface area contributed by atoms with E-state index in [1.54, 1.807) is 6.07 Å². The fraction of sp³-hybridized carbons (Fsp3) is 0.412. The Kier molecular flexibility index (Phi) is 4.52. The maximum absolute atomic E-state index is 6.09. The quantitative estimate of drug-likeness (QED) is 0.718. The van der Waals surface area contributed by atoms with Gasteiger partial charge in [0.25, 0.3) is 0 Å². The average Bonchev–Trinajstić information content (AvgIpc) is 2.37. The second-order valence-electron chi connectivity index (χ2n) is 6.40. The largest absolute Gasteiger partial charge is 0.439 e. The van der Waals surface area contributed by atoms with E-state index in [1.807, 2.05) is 39.0 Å². The summed E-state index contributed by atoms with van der Waals surface area (Å²) in [5.74, 6) is 2.34. The van der Waals surface area contributed by atoms with Crippen molar-refractivity contribution in [2.24, 2.45) is 0 Å². The maximum Gasteiger partial charge on any atom is 0.224 e. The molecular formula is C17H21ClN2O. The number of aromatic nitrogens is 2. The number of ether oxygens (including phenoxy) is 1. The highest BCUT2D eigenvalue weighted by Gasteiger charge is 2.20. The molecule has 0 amide bonds. The van der Waals surface area contributed by atoms with E-state index >= 15 is 0 Å². The van der Waals surface area contributed by atoms with Crippen molar-refractivity contribution in [3.63, 3.8) is 0 Å². The lowest BCUT2D eigenvalue weighted by Gasteiger charge is -2.18. The molecule has 4 heteroatoms. The standard InChI is InChI=1S/C17H21ClN2O/c1-11(2)12-8-6-7-9-13(12)21-15-10-14(18)19-16(20-15)17(3,4)5/h6-11H,1-5H3. The Morgan fingerprint density at radius 1 is 1.10 bits per heavy atom. The first kappa shape index (κ1) is 15.8. The highest BCUT2D eigenvalue weighted by atomic mass is 35.5. The number of rotatable bonds is 3. The van der Waals surface area contributed by atoms with E-state index in [2.05, 4.69) is 29.9 Å². The minimum Gasteiger partial charge on any atom is -0.439 e. The van der Waals surface area contributed by atoms with Gasteiger partial charge < -0.3 is 4.74 Å². The first-order valence-corrected chi connectivity index (χ1v) is 7.47. The molecule has 0 aliphatic heterocycles. The van der Waals surface area contributed by atoms with Gasteiger partial charge in [0.05, 0.1) is 0 Å². The number of nitrogens with zero attached hydrogens (tertiary/aromatic N) is 2. The molecule has 0 bridgehead atoms. The molecule has 0 spiro atoms. The van der Waals surface area contributed by atoms with Gasteiger partial charge in [-0.1, -0.05) is 64.4 Å². The molecule has 0 atom stereocenters. The third-order valence-corrected chi connectivity index (χ3v) is 3.29. The van der Waals surface area contributed by atoms with Crippen LogP contribution in [0.2, 0.25) is 5.15 Å². The lowest BCUT2D eigenvalue weighted by atomic mass is 9.96. The van der Waals surface area contributed by atoms with Crippen LogP contribution in [0.15, 0.2) is 30.3 Å². The predicted molar refractivity (Wildman–Crippen MR) is 86.3 cm³/mol. The Labute approximate surface area is 131 Å². The minimum absolute atomic E-state index is 0.180. The van der Waals surface area contributed by atoms with Crippen molar-refractivity contribution in [3.8, 4) is 11.6 Å². The van der Waals surface area contributed by atoms with Gasteiger partial charge in [-0.3, -0.25) is 0 Å². The van der Waals surface area contributed by atoms with Gasteiger partial charge in [-0.15, -0.1) is 0 Å². The summed E-state index contributed by atoms with van der Waals surface area (Å²) < 4.78 is 5.95. The summed E-state index contributed by atoms with van der Waals surface area (Å²) in [5.41, 5.74) is 0.963. The molecule has 3 nitrogen and oxygen atoms in total. The average molecular weight is 305 g/mol. The summed E-state index contributed by atoms with van der Waals surface area (Å²) in [7, 11) is 0. The normalized spacial score (nSPS) is 11.8. The molecular weight excluding hydrogens is 284 g/mol. The van der Waals surface area contributed by atoms with Gasteiger partial charge >= 0.3 is 0 Å². The van der Waals surface area contributed by atoms with E-state index in [0.717, 1.165) is 11.3 Å². The van der Waals surface area contributed by atoms with Gasteiger partial charge in [0.1, 0.15) is 16.7 Å². The minimum atomic E-state index is -0.180. The maximum atomic E-state index is 6.09. The lowest BCUT2D eigenvalue weighted by molar-refractivity contribution is 0.439. The zero-order valence-electron chi connectivity index (χ0n) is 13.1. The monoisotopic (exact) mass is 304 g/mol. The Balaban J connectivity index is 2.39. The molecule has 1 aromatic heterocycles. The van der Waals surface area contributed by atoms with Crippen LogP contribution in [-0.4, -0.2) is 9.97 Å². The molecule has 21 heavy (non-hydrogen) atoms. The molecule has 2 aromatic rings. The third-order valence-electron chi connectivity index (χ3n) is 3.10. The van der Waals surface area contributed by atoms with Crippen molar-refractivity contribution in [3.05, 3.63) is 46.9 Å². The molecule has 1 aromatic carbocycles. The van der Waals surface area contributed by atoms with E-state index in [-0.39, 0.29) is 5.41 Å². The number of benzene rings is 1. The predicted octanol–water partition coefficient (Wildman–Crippen LogP) is 5.34. The number of hydrogen-bond donors (Lipinski definition) is 0. The molecule has 2 rings (SSSR count). The molecule has 0 N–H and O–H groups in total. The van der Waals surface area contributed by atoms with Crippen LogP contribution in [-0.2, 0) is 5.41 Å². The third kappa shape index (κ3) is 3.94. The van der Waals surface area contributed by atoms with E-state index in [9.17, 15) is 0 Å². The Hall–Kier alpha value is -1.61. The number of hydrogen-bond acceptors (Lipinski definition) is 3. The van der Waals surface area contributed by atoms with Crippen molar-refractivity contribution in [1.82, 2.24) is 9.97 Å². The van der Waals surface area contributed by atoms with E-state index < -0.39 is 0 Å². The summed E-state index contributed by atoms with van der Waals surface area (Å²) >= 11 is 6.09. The fourth-order valence-corrected chi connectivity index (χ4v) is 2.12. The van der Waals surface area contributed by atoms with Gasteiger partial charge in [-0.2, -0.15) is 4.98 Å². The second-order valence-corrected chi connectivity index (χ2v) is 6.78. The second kappa shape index (κ2) is 6.02. The van der Waals surface area contributed by atoms with Crippen LogP contribution in [0.25, 0.3) is 0 Å². The highest BCUT2D eigenvalue weighted by Crippen LogP contribution is 2.31. The molecule has 0 aliphatic carbocycles. The van der Waals surface area contributed by atoms with E-state index in [4.69, 9.17) is 16.3 Å². The molecule has 0 fully saturated rings. The van der Waals surface area contributed by atoms with Gasteiger partial charge in [0.2, 0.25) is 5.88 Å². The SMILES string of the molecule is CC(C)c1ccccc1Oc1cc(Cl)nc(C(C)(C)C)n1. The Morgan fingerprint density at radius 2 is 1.76 bits per heavy atom. The first-order chi connectivity index (χ1) is 9.77. The van der Waals surface area contributed by atoms with Crippen molar-refractivity contribution < 1.29 is 4.74 Å². The highest BCUT2D eigenvalue weighted by molar-refractivity contribution is 6.29. The molecule has 0 saturated carbocycles. The molecule has 0 unspecified atom stereocenters. The summed E-state index contributed by atoms with van der Waals surface area (Å²) in [6.07, 6.45) is 0. The van der Waals surface area contributed by atoms with Crippen molar-refractivity contribution in [2.45, 2.75) is 46.0 Å². The van der Waals surface area contributed by atoms with E-state index in [1.165, 1.54) is 0 Å². The van der Waals surface area contributed by atoms with Crippen molar-refractivity contribution in [2.75, 3.05) is 0 Å². The van der Waals surface area contributed by atoms with Crippen LogP contribution < -0.4 is 4.74 Å². The molecule has 112 valence electrons. The van der Waals surface area contributed by atoms with Gasteiger partial charge in [0.15, 0.2) is 0 Å². The number of para-hydroxylation sites is 1. The van der Waals surface area contributed by atoms with Crippen LogP contribution in [0.3, 0.4) is 0 Å².